The predicted molar refractivity (Wildman–Crippen MR) is 353 cm³/mol. The van der Waals surface area contributed by atoms with Gasteiger partial charge in [-0.15, -0.1) is 0 Å². The van der Waals surface area contributed by atoms with Crippen molar-refractivity contribution in [2.45, 2.75) is 348 Å². The lowest BCUT2D eigenvalue weighted by Crippen LogP contribution is -2.30. The first-order chi connectivity index (χ1) is 40.0. The molecule has 6 nitrogen and oxygen atoms in total. The lowest BCUT2D eigenvalue weighted by atomic mass is 10.0. The van der Waals surface area contributed by atoms with Gasteiger partial charge in [0.05, 0.1) is 0 Å². The Kier molecular flexibility index (Phi) is 65.7. The second-order valence-corrected chi connectivity index (χ2v) is 23.1. The van der Waals surface area contributed by atoms with Crippen LogP contribution in [-0.2, 0) is 28.6 Å². The molecule has 466 valence electrons. The molecule has 0 spiro atoms. The molecule has 0 aliphatic rings. The summed E-state index contributed by atoms with van der Waals surface area (Å²) in [4.78, 5) is 38.4. The highest BCUT2D eigenvalue weighted by Crippen LogP contribution is 2.17. The van der Waals surface area contributed by atoms with E-state index < -0.39 is 6.10 Å². The van der Waals surface area contributed by atoms with Crippen LogP contribution >= 0.6 is 0 Å². The maximum atomic E-state index is 13.0. The maximum absolute atomic E-state index is 13.0. The average molecular weight is 1130 g/mol. The van der Waals surface area contributed by atoms with Crippen molar-refractivity contribution in [3.8, 4) is 0 Å². The molecule has 0 heterocycles. The number of unbranched alkanes of at least 4 members (excludes halogenated alkanes) is 36. The highest BCUT2D eigenvalue weighted by molar-refractivity contribution is 5.71. The SMILES string of the molecule is CC/C=C\C/C=C\C/C=C\C/C=C\C/C=C\C/C=C\C/C=C\CCCCCCCC(=O)OCC(COC(=O)CCCCCCCCCCCCCCC)OC(=O)CCCCCCCCCCCCC/C=C\CCCCCCCCCC. The van der Waals surface area contributed by atoms with Crippen molar-refractivity contribution in [3.05, 3.63) is 97.2 Å². The zero-order valence-electron chi connectivity index (χ0n) is 53.5. The molecule has 0 aliphatic heterocycles. The van der Waals surface area contributed by atoms with Crippen LogP contribution in [0.3, 0.4) is 0 Å². The zero-order valence-corrected chi connectivity index (χ0v) is 53.5. The van der Waals surface area contributed by atoms with Crippen molar-refractivity contribution >= 4 is 17.9 Å². The molecule has 0 fully saturated rings. The second kappa shape index (κ2) is 68.8. The Hall–Kier alpha value is -3.67. The number of carbonyl (C=O) groups is 3. The number of hydrogen-bond acceptors (Lipinski definition) is 6. The molecule has 0 saturated carbocycles. The normalized spacial score (nSPS) is 12.7. The van der Waals surface area contributed by atoms with Crippen LogP contribution in [0.25, 0.3) is 0 Å². The number of rotatable bonds is 63. The number of allylic oxidation sites excluding steroid dienone is 16. The summed E-state index contributed by atoms with van der Waals surface area (Å²) in [6.45, 7) is 6.55. The Morgan fingerprint density at radius 1 is 0.259 bits per heavy atom. The van der Waals surface area contributed by atoms with Crippen LogP contribution in [0.4, 0.5) is 0 Å². The Morgan fingerprint density at radius 2 is 0.481 bits per heavy atom. The monoisotopic (exact) mass is 1130 g/mol. The number of esters is 3. The van der Waals surface area contributed by atoms with Crippen LogP contribution in [0.15, 0.2) is 97.2 Å². The van der Waals surface area contributed by atoms with E-state index in [1.165, 1.54) is 180 Å². The van der Waals surface area contributed by atoms with Gasteiger partial charge in [0.1, 0.15) is 13.2 Å². The van der Waals surface area contributed by atoms with Gasteiger partial charge in [0.2, 0.25) is 0 Å². The molecule has 0 saturated heterocycles. The van der Waals surface area contributed by atoms with E-state index in [2.05, 4.69) is 118 Å². The lowest BCUT2D eigenvalue weighted by molar-refractivity contribution is -0.167. The van der Waals surface area contributed by atoms with E-state index in [4.69, 9.17) is 14.2 Å². The van der Waals surface area contributed by atoms with Crippen LogP contribution in [0.2, 0.25) is 0 Å². The topological polar surface area (TPSA) is 78.9 Å². The van der Waals surface area contributed by atoms with Crippen LogP contribution in [0, 0.1) is 0 Å². The Morgan fingerprint density at radius 3 is 0.765 bits per heavy atom. The van der Waals surface area contributed by atoms with Gasteiger partial charge >= 0.3 is 17.9 Å². The molecule has 0 radical (unpaired) electrons. The summed E-state index contributed by atoms with van der Waals surface area (Å²) in [7, 11) is 0. The highest BCUT2D eigenvalue weighted by Gasteiger charge is 2.19. The molecular formula is C75H130O6. The Bertz CT molecular complexity index is 1580. The Labute approximate surface area is 502 Å². The van der Waals surface area contributed by atoms with Crippen LogP contribution in [-0.4, -0.2) is 37.2 Å². The molecule has 0 bridgehead atoms. The minimum atomic E-state index is -0.787. The van der Waals surface area contributed by atoms with E-state index in [-0.39, 0.29) is 31.1 Å². The van der Waals surface area contributed by atoms with Gasteiger partial charge in [-0.1, -0.05) is 317 Å². The molecular weight excluding hydrogens is 997 g/mol. The smallest absolute Gasteiger partial charge is 0.306 e. The molecule has 0 amide bonds. The number of hydrogen-bond donors (Lipinski definition) is 0. The van der Waals surface area contributed by atoms with E-state index in [0.717, 1.165) is 122 Å². The molecule has 1 atom stereocenters. The molecule has 0 aliphatic carbocycles. The molecule has 6 heteroatoms. The third-order valence-electron chi connectivity index (χ3n) is 15.1. The fraction of sp³-hybridized carbons (Fsp3) is 0.747. The minimum Gasteiger partial charge on any atom is -0.462 e. The highest BCUT2D eigenvalue weighted by atomic mass is 16.6. The van der Waals surface area contributed by atoms with Crippen LogP contribution in [0.5, 0.6) is 0 Å². The van der Waals surface area contributed by atoms with Crippen molar-refractivity contribution in [2.75, 3.05) is 13.2 Å². The van der Waals surface area contributed by atoms with Gasteiger partial charge in [0.25, 0.3) is 0 Å². The standard InChI is InChI=1S/C75H130O6/c1-4-7-10-13-16-19-22-25-27-29-31-33-35-36-37-38-40-41-43-45-47-50-53-56-59-62-65-68-74(77)80-71-72(70-79-73(76)67-64-61-58-55-52-49-24-21-18-15-12-9-6-3)81-75(78)69-66-63-60-57-54-51-48-46-44-42-39-34-32-30-28-26-23-20-17-14-11-8-5-2/h7,10,16,19,25,27,30-33,36-37,40-41,45,47,72H,4-6,8-9,11-15,17-18,20-24,26,28-29,34-35,38-39,42-44,46,48-71H2,1-3H3/b10-7-,19-16-,27-25-,32-30-,33-31-,37-36-,41-40-,47-45-. The largest absolute Gasteiger partial charge is 0.462 e. The van der Waals surface area contributed by atoms with E-state index in [0.29, 0.717) is 19.3 Å². The van der Waals surface area contributed by atoms with Gasteiger partial charge in [0, 0.05) is 19.3 Å². The fourth-order valence-electron chi connectivity index (χ4n) is 9.89. The van der Waals surface area contributed by atoms with Crippen LogP contribution in [0.1, 0.15) is 342 Å². The number of carbonyl (C=O) groups excluding carboxylic acids is 3. The fourth-order valence-corrected chi connectivity index (χ4v) is 9.89. The van der Waals surface area contributed by atoms with E-state index >= 15 is 0 Å². The van der Waals surface area contributed by atoms with Crippen molar-refractivity contribution < 1.29 is 28.6 Å². The molecule has 0 rings (SSSR count). The first kappa shape index (κ1) is 77.3. The average Bonchev–Trinajstić information content (AvgIpc) is 3.46. The molecule has 1 unspecified atom stereocenters. The quantitative estimate of drug-likeness (QED) is 0.0261. The lowest BCUT2D eigenvalue weighted by Gasteiger charge is -2.18. The summed E-state index contributed by atoms with van der Waals surface area (Å²) in [5.41, 5.74) is 0. The summed E-state index contributed by atoms with van der Waals surface area (Å²) >= 11 is 0. The number of ether oxygens (including phenoxy) is 3. The first-order valence-corrected chi connectivity index (χ1v) is 34.7. The van der Waals surface area contributed by atoms with Crippen molar-refractivity contribution in [2.24, 2.45) is 0 Å². The van der Waals surface area contributed by atoms with E-state index in [1.807, 2.05) is 0 Å². The first-order valence-electron chi connectivity index (χ1n) is 34.7. The summed E-state index contributed by atoms with van der Waals surface area (Å²) in [5, 5.41) is 0. The predicted octanol–water partition coefficient (Wildman–Crippen LogP) is 24.0. The van der Waals surface area contributed by atoms with Crippen molar-refractivity contribution in [3.63, 3.8) is 0 Å². The van der Waals surface area contributed by atoms with Gasteiger partial charge in [-0.05, 0) is 103 Å². The molecule has 0 aromatic carbocycles. The van der Waals surface area contributed by atoms with Gasteiger partial charge in [-0.2, -0.15) is 0 Å². The summed E-state index contributed by atoms with van der Waals surface area (Å²) in [6, 6.07) is 0. The third-order valence-corrected chi connectivity index (χ3v) is 15.1. The van der Waals surface area contributed by atoms with Gasteiger partial charge in [-0.25, -0.2) is 0 Å². The van der Waals surface area contributed by atoms with Gasteiger partial charge in [0.15, 0.2) is 6.10 Å². The van der Waals surface area contributed by atoms with Gasteiger partial charge in [-0.3, -0.25) is 14.4 Å². The van der Waals surface area contributed by atoms with Gasteiger partial charge < -0.3 is 14.2 Å². The van der Waals surface area contributed by atoms with E-state index in [9.17, 15) is 14.4 Å². The van der Waals surface area contributed by atoms with Crippen molar-refractivity contribution in [1.29, 1.82) is 0 Å². The summed E-state index contributed by atoms with van der Waals surface area (Å²) in [6.07, 6.45) is 92.8. The molecule has 0 N–H and O–H groups in total. The van der Waals surface area contributed by atoms with E-state index in [1.54, 1.807) is 0 Å². The third kappa shape index (κ3) is 67.0. The second-order valence-electron chi connectivity index (χ2n) is 23.1. The maximum Gasteiger partial charge on any atom is 0.306 e. The minimum absolute atomic E-state index is 0.0808. The van der Waals surface area contributed by atoms with Crippen LogP contribution < -0.4 is 0 Å². The summed E-state index contributed by atoms with van der Waals surface area (Å²) in [5.74, 6) is -0.886. The zero-order chi connectivity index (χ0) is 58.5. The Balaban J connectivity index is 4.34. The molecule has 0 aromatic heterocycles. The summed E-state index contributed by atoms with van der Waals surface area (Å²) < 4.78 is 17.0. The molecule has 0 aromatic rings. The molecule has 81 heavy (non-hydrogen) atoms. The van der Waals surface area contributed by atoms with Crippen molar-refractivity contribution in [1.82, 2.24) is 0 Å².